The van der Waals surface area contributed by atoms with Gasteiger partial charge in [-0.2, -0.15) is 13.2 Å². The monoisotopic (exact) mass is 421 g/mol. The average Bonchev–Trinajstić information content (AvgIpc) is 2.54. The number of carbonyl (C=O) groups excluding carboxylic acids is 1. The van der Waals surface area contributed by atoms with Crippen LogP contribution < -0.4 is 5.73 Å². The third-order valence-electron chi connectivity index (χ3n) is 4.82. The molecule has 3 nitrogen and oxygen atoms in total. The zero-order valence-electron chi connectivity index (χ0n) is 16.0. The normalized spacial score (nSPS) is 20.7. The maximum absolute atomic E-state index is 15.3. The van der Waals surface area contributed by atoms with Crippen molar-refractivity contribution >= 4 is 11.5 Å². The molecule has 1 aliphatic carbocycles. The van der Waals surface area contributed by atoms with E-state index < -0.39 is 59.0 Å². The Morgan fingerprint density at radius 3 is 2.34 bits per heavy atom. The van der Waals surface area contributed by atoms with E-state index in [1.54, 1.807) is 6.07 Å². The number of esters is 1. The lowest BCUT2D eigenvalue weighted by Crippen LogP contribution is -2.50. The van der Waals surface area contributed by atoms with E-state index in [9.17, 15) is 26.7 Å². The Balaban J connectivity index is 2.73. The number of aryl methyl sites for hydroxylation is 1. The summed E-state index contributed by atoms with van der Waals surface area (Å²) in [6.07, 6.45) is -6.28. The first-order valence-corrected chi connectivity index (χ1v) is 8.87. The Labute approximate surface area is 164 Å². The summed E-state index contributed by atoms with van der Waals surface area (Å²) < 4.78 is 90.6. The van der Waals surface area contributed by atoms with Gasteiger partial charge in [0.2, 0.25) is 0 Å². The highest BCUT2D eigenvalue weighted by atomic mass is 19.4. The van der Waals surface area contributed by atoms with E-state index in [4.69, 9.17) is 5.73 Å². The molecule has 2 rings (SSSR count). The number of hydrogen-bond acceptors (Lipinski definition) is 3. The van der Waals surface area contributed by atoms with E-state index in [0.717, 1.165) is 6.92 Å². The molecule has 29 heavy (non-hydrogen) atoms. The van der Waals surface area contributed by atoms with E-state index in [-0.39, 0.29) is 12.2 Å². The molecule has 0 saturated carbocycles. The van der Waals surface area contributed by atoms with Crippen molar-refractivity contribution in [2.24, 2.45) is 11.7 Å². The minimum absolute atomic E-state index is 0.0492. The van der Waals surface area contributed by atoms with Crippen LogP contribution in [0.2, 0.25) is 0 Å². The molecule has 2 N–H and O–H groups in total. The third-order valence-corrected chi connectivity index (χ3v) is 4.82. The first-order valence-electron chi connectivity index (χ1n) is 8.87. The van der Waals surface area contributed by atoms with Crippen molar-refractivity contribution in [3.63, 3.8) is 0 Å². The Kier molecular flexibility index (Phi) is 6.51. The SMILES string of the molecule is CCOC(=O)CC(N)C1C(F)=C(c2ccccc2C)C(C)=C(C(F)(F)F)C1(F)F. The summed E-state index contributed by atoms with van der Waals surface area (Å²) in [7, 11) is 0. The van der Waals surface area contributed by atoms with Gasteiger partial charge < -0.3 is 10.5 Å². The number of nitrogens with two attached hydrogens (primary N) is 1. The van der Waals surface area contributed by atoms with E-state index >= 15 is 4.39 Å². The minimum Gasteiger partial charge on any atom is -0.466 e. The summed E-state index contributed by atoms with van der Waals surface area (Å²) >= 11 is 0. The van der Waals surface area contributed by atoms with Gasteiger partial charge in [-0.05, 0) is 37.5 Å². The fourth-order valence-electron chi connectivity index (χ4n) is 3.60. The molecular formula is C20H21F6NO2. The van der Waals surface area contributed by atoms with Gasteiger partial charge in [0, 0.05) is 11.6 Å². The fourth-order valence-corrected chi connectivity index (χ4v) is 3.60. The minimum atomic E-state index is -5.43. The zero-order chi connectivity index (χ0) is 22.1. The zero-order valence-corrected chi connectivity index (χ0v) is 16.0. The van der Waals surface area contributed by atoms with E-state index in [1.807, 2.05) is 0 Å². The summed E-state index contributed by atoms with van der Waals surface area (Å²) in [6.45, 7) is 3.72. The smallest absolute Gasteiger partial charge is 0.418 e. The lowest BCUT2D eigenvalue weighted by molar-refractivity contribution is -0.149. The number of rotatable bonds is 5. The molecule has 0 heterocycles. The molecule has 0 aliphatic heterocycles. The van der Waals surface area contributed by atoms with Crippen LogP contribution in [-0.4, -0.2) is 30.7 Å². The molecule has 0 aromatic heterocycles. The van der Waals surface area contributed by atoms with Crippen molar-refractivity contribution in [1.29, 1.82) is 0 Å². The largest absolute Gasteiger partial charge is 0.466 e. The molecule has 1 aromatic carbocycles. The molecule has 9 heteroatoms. The third kappa shape index (κ3) is 4.34. The highest BCUT2D eigenvalue weighted by molar-refractivity contribution is 5.85. The molecule has 0 bridgehead atoms. The van der Waals surface area contributed by atoms with Gasteiger partial charge >= 0.3 is 12.1 Å². The first-order chi connectivity index (χ1) is 13.3. The van der Waals surface area contributed by atoms with Gasteiger partial charge in [0.05, 0.1) is 18.9 Å². The van der Waals surface area contributed by atoms with Gasteiger partial charge in [0.25, 0.3) is 5.92 Å². The summed E-state index contributed by atoms with van der Waals surface area (Å²) in [5.41, 5.74) is 2.44. The van der Waals surface area contributed by atoms with Crippen LogP contribution in [0.25, 0.3) is 5.57 Å². The van der Waals surface area contributed by atoms with Gasteiger partial charge in [-0.25, -0.2) is 13.2 Å². The van der Waals surface area contributed by atoms with Gasteiger partial charge in [0.1, 0.15) is 11.4 Å². The van der Waals surface area contributed by atoms with Crippen LogP contribution >= 0.6 is 0 Å². The van der Waals surface area contributed by atoms with Crippen LogP contribution in [0.1, 0.15) is 31.4 Å². The van der Waals surface area contributed by atoms with Crippen LogP contribution in [0.5, 0.6) is 0 Å². The van der Waals surface area contributed by atoms with Crippen LogP contribution in [0.15, 0.2) is 41.2 Å². The molecule has 1 aromatic rings. The number of benzene rings is 1. The first kappa shape index (κ1) is 23.0. The summed E-state index contributed by atoms with van der Waals surface area (Å²) in [5, 5.41) is 0. The lowest BCUT2D eigenvalue weighted by atomic mass is 9.74. The van der Waals surface area contributed by atoms with Crippen molar-refractivity contribution in [1.82, 2.24) is 0 Å². The molecule has 2 unspecified atom stereocenters. The quantitative estimate of drug-likeness (QED) is 0.532. The Bertz CT molecular complexity index is 857. The second-order valence-electron chi connectivity index (χ2n) is 6.81. The molecule has 0 saturated heterocycles. The number of alkyl halides is 5. The number of halogens is 6. The van der Waals surface area contributed by atoms with Crippen molar-refractivity contribution in [3.8, 4) is 0 Å². The van der Waals surface area contributed by atoms with Crippen molar-refractivity contribution in [3.05, 3.63) is 52.4 Å². The van der Waals surface area contributed by atoms with Gasteiger partial charge in [-0.15, -0.1) is 0 Å². The van der Waals surface area contributed by atoms with Gasteiger partial charge in [-0.1, -0.05) is 24.3 Å². The van der Waals surface area contributed by atoms with Crippen molar-refractivity contribution in [2.45, 2.75) is 45.3 Å². The number of allylic oxidation sites excluding steroid dienone is 3. The van der Waals surface area contributed by atoms with Crippen molar-refractivity contribution < 1.29 is 35.9 Å². The maximum Gasteiger partial charge on any atom is 0.418 e. The van der Waals surface area contributed by atoms with E-state index in [0.29, 0.717) is 5.56 Å². The number of ether oxygens (including phenoxy) is 1. The second-order valence-corrected chi connectivity index (χ2v) is 6.81. The number of carbonyl (C=O) groups is 1. The highest BCUT2D eigenvalue weighted by Crippen LogP contribution is 2.54. The summed E-state index contributed by atoms with van der Waals surface area (Å²) in [5.74, 6) is -9.81. The van der Waals surface area contributed by atoms with E-state index in [1.165, 1.54) is 32.0 Å². The standard InChI is InChI=1S/C20H21F6NO2/c1-4-29-14(28)9-13(27)16-17(21)15(12-8-6-5-7-10(12)2)11(3)18(19(16,22)23)20(24,25)26/h5-8,13,16H,4,9,27H2,1-3H3. The molecule has 1 aliphatic rings. The molecule has 0 radical (unpaired) electrons. The number of hydrogen-bond donors (Lipinski definition) is 1. The summed E-state index contributed by atoms with van der Waals surface area (Å²) in [6, 6.07) is 4.00. The second kappa shape index (κ2) is 8.22. The lowest BCUT2D eigenvalue weighted by Gasteiger charge is -2.38. The van der Waals surface area contributed by atoms with E-state index in [2.05, 4.69) is 4.74 Å². The van der Waals surface area contributed by atoms with Crippen LogP contribution in [0, 0.1) is 12.8 Å². The van der Waals surface area contributed by atoms with Crippen LogP contribution in [0.4, 0.5) is 26.3 Å². The molecular weight excluding hydrogens is 400 g/mol. The molecule has 0 amide bonds. The molecule has 0 spiro atoms. The predicted octanol–water partition coefficient (Wildman–Crippen LogP) is 5.10. The molecule has 0 fully saturated rings. The Morgan fingerprint density at radius 2 is 1.83 bits per heavy atom. The Morgan fingerprint density at radius 1 is 1.24 bits per heavy atom. The highest BCUT2D eigenvalue weighted by Gasteiger charge is 2.61. The fraction of sp³-hybridized carbons (Fsp3) is 0.450. The van der Waals surface area contributed by atoms with Crippen molar-refractivity contribution in [2.75, 3.05) is 6.61 Å². The Hall–Kier alpha value is -2.29. The predicted molar refractivity (Wildman–Crippen MR) is 95.6 cm³/mol. The topological polar surface area (TPSA) is 52.3 Å². The average molecular weight is 421 g/mol. The van der Waals surface area contributed by atoms with Crippen LogP contribution in [0.3, 0.4) is 0 Å². The maximum atomic E-state index is 15.3. The van der Waals surface area contributed by atoms with Crippen LogP contribution in [-0.2, 0) is 9.53 Å². The summed E-state index contributed by atoms with van der Waals surface area (Å²) in [4.78, 5) is 11.6. The molecule has 2 atom stereocenters. The van der Waals surface area contributed by atoms with Gasteiger partial charge in [-0.3, -0.25) is 4.79 Å². The molecule has 160 valence electrons. The van der Waals surface area contributed by atoms with Gasteiger partial charge in [0.15, 0.2) is 0 Å².